The molecule has 2 fully saturated rings. The summed E-state index contributed by atoms with van der Waals surface area (Å²) in [6, 6.07) is 20.9. The van der Waals surface area contributed by atoms with Gasteiger partial charge in [0, 0.05) is 31.6 Å². The second-order valence-corrected chi connectivity index (χ2v) is 12.8. The van der Waals surface area contributed by atoms with E-state index < -0.39 is 12.2 Å². The maximum atomic E-state index is 14.4. The van der Waals surface area contributed by atoms with Crippen LogP contribution in [0.1, 0.15) is 43.0 Å². The first-order chi connectivity index (χ1) is 22.0. The van der Waals surface area contributed by atoms with E-state index in [1.807, 2.05) is 48.5 Å². The molecule has 10 heteroatoms. The van der Waals surface area contributed by atoms with E-state index in [4.69, 9.17) is 4.74 Å². The molecule has 5 rings (SSSR count). The van der Waals surface area contributed by atoms with Gasteiger partial charge in [-0.2, -0.15) is 0 Å². The summed E-state index contributed by atoms with van der Waals surface area (Å²) in [6.07, 6.45) is 1.11. The first-order valence-electron chi connectivity index (χ1n) is 15.5. The number of hydrogen-bond acceptors (Lipinski definition) is 6. The van der Waals surface area contributed by atoms with Gasteiger partial charge in [0.15, 0.2) is 0 Å². The molecular weight excluding hydrogens is 582 g/mol. The summed E-state index contributed by atoms with van der Waals surface area (Å²) in [5, 5.41) is 16.1. The average Bonchev–Trinajstić information content (AvgIpc) is 3.03. The van der Waals surface area contributed by atoms with Crippen LogP contribution in [0.5, 0.6) is 11.5 Å². The lowest BCUT2D eigenvalue weighted by atomic mass is 9.85. The van der Waals surface area contributed by atoms with Gasteiger partial charge in [-0.05, 0) is 34.2 Å². The average molecular weight is 626 g/mol. The number of benzene rings is 3. The predicted octanol–water partition coefficient (Wildman–Crippen LogP) is 4.43. The SMILES string of the molecule is C=CCN1CC(=O)N2[C@@H](Cc3ccc(O)cc3)C(=O)N(Cc3cccc(C(C)(C)C)c3OC)C[C@@H]2N1C(=O)NCc1ccccc1. The first-order valence-corrected chi connectivity index (χ1v) is 15.5. The van der Waals surface area contributed by atoms with Crippen molar-refractivity contribution in [2.24, 2.45) is 0 Å². The largest absolute Gasteiger partial charge is 0.508 e. The third kappa shape index (κ3) is 6.87. The van der Waals surface area contributed by atoms with Gasteiger partial charge in [0.05, 0.1) is 20.2 Å². The van der Waals surface area contributed by atoms with Gasteiger partial charge in [0.25, 0.3) is 0 Å². The Morgan fingerprint density at radius 3 is 2.39 bits per heavy atom. The molecular formula is C36H43N5O5. The second kappa shape index (κ2) is 13.7. The molecule has 242 valence electrons. The molecule has 2 heterocycles. The third-order valence-electron chi connectivity index (χ3n) is 8.50. The van der Waals surface area contributed by atoms with Gasteiger partial charge >= 0.3 is 6.03 Å². The molecule has 2 N–H and O–H groups in total. The van der Waals surface area contributed by atoms with E-state index in [1.165, 1.54) is 0 Å². The van der Waals surface area contributed by atoms with E-state index in [9.17, 15) is 19.5 Å². The maximum Gasteiger partial charge on any atom is 0.334 e. The number of ether oxygens (including phenoxy) is 1. The number of para-hydroxylation sites is 1. The summed E-state index contributed by atoms with van der Waals surface area (Å²) < 4.78 is 5.90. The molecule has 0 bridgehead atoms. The predicted molar refractivity (Wildman–Crippen MR) is 176 cm³/mol. The molecule has 0 aliphatic carbocycles. The van der Waals surface area contributed by atoms with Crippen molar-refractivity contribution in [3.63, 3.8) is 0 Å². The number of methoxy groups -OCH3 is 1. The van der Waals surface area contributed by atoms with Crippen LogP contribution in [0.3, 0.4) is 0 Å². The number of piperazine rings is 1. The summed E-state index contributed by atoms with van der Waals surface area (Å²) >= 11 is 0. The number of hydrogen-bond donors (Lipinski definition) is 2. The van der Waals surface area contributed by atoms with Crippen LogP contribution in [0.25, 0.3) is 0 Å². The van der Waals surface area contributed by atoms with Crippen molar-refractivity contribution < 1.29 is 24.2 Å². The van der Waals surface area contributed by atoms with Crippen LogP contribution >= 0.6 is 0 Å². The number of carbonyl (C=O) groups is 3. The van der Waals surface area contributed by atoms with Crippen molar-refractivity contribution >= 4 is 17.8 Å². The number of urea groups is 1. The second-order valence-electron chi connectivity index (χ2n) is 12.8. The van der Waals surface area contributed by atoms with Crippen LogP contribution in [-0.4, -0.2) is 81.7 Å². The van der Waals surface area contributed by atoms with Crippen molar-refractivity contribution in [1.82, 2.24) is 25.1 Å². The van der Waals surface area contributed by atoms with Gasteiger partial charge in [0.1, 0.15) is 23.7 Å². The van der Waals surface area contributed by atoms with Crippen LogP contribution < -0.4 is 10.1 Å². The Morgan fingerprint density at radius 1 is 1.02 bits per heavy atom. The molecule has 0 unspecified atom stereocenters. The molecule has 3 aromatic rings. The fourth-order valence-electron chi connectivity index (χ4n) is 6.30. The number of phenolic OH excluding ortho intramolecular Hbond substituents is 1. The minimum absolute atomic E-state index is 0.0813. The van der Waals surface area contributed by atoms with Gasteiger partial charge in [-0.15, -0.1) is 6.58 Å². The molecule has 0 radical (unpaired) electrons. The monoisotopic (exact) mass is 625 g/mol. The molecule has 2 aliphatic heterocycles. The zero-order valence-electron chi connectivity index (χ0n) is 27.0. The van der Waals surface area contributed by atoms with E-state index in [2.05, 4.69) is 32.7 Å². The van der Waals surface area contributed by atoms with Crippen LogP contribution in [-0.2, 0) is 34.5 Å². The number of aromatic hydroxyl groups is 1. The van der Waals surface area contributed by atoms with Crippen molar-refractivity contribution in [3.05, 3.63) is 108 Å². The Labute approximate surface area is 270 Å². The maximum absolute atomic E-state index is 14.4. The Bertz CT molecular complexity index is 1570. The molecule has 10 nitrogen and oxygen atoms in total. The van der Waals surface area contributed by atoms with Gasteiger partial charge in [-0.3, -0.25) is 9.59 Å². The lowest BCUT2D eigenvalue weighted by Crippen LogP contribution is -2.76. The van der Waals surface area contributed by atoms with Gasteiger partial charge in [-0.1, -0.05) is 87.5 Å². The fraction of sp³-hybridized carbons (Fsp3) is 0.361. The number of fused-ring (bicyclic) bond motifs is 1. The van der Waals surface area contributed by atoms with Crippen LogP contribution in [0.4, 0.5) is 4.79 Å². The minimum atomic E-state index is -0.872. The number of phenols is 1. The molecule has 2 saturated heterocycles. The molecule has 0 spiro atoms. The Morgan fingerprint density at radius 2 is 1.74 bits per heavy atom. The lowest BCUT2D eigenvalue weighted by molar-refractivity contribution is -0.189. The molecule has 4 amide bonds. The standard InChI is InChI=1S/C36H43N5O5/c1-6-19-39-24-32(43)40-30(20-25-15-17-28(42)18-16-25)34(44)38(22-27-13-10-14-29(33(27)46-5)36(2,3)4)23-31(40)41(39)35(45)37-21-26-11-8-7-9-12-26/h6-18,30-31,42H,1,19-24H2,2-5H3,(H,37,45)/t30-,31-/m0/s1. The molecule has 0 aromatic heterocycles. The van der Waals surface area contributed by atoms with E-state index in [1.54, 1.807) is 57.3 Å². The molecule has 46 heavy (non-hydrogen) atoms. The number of hydrazine groups is 1. The smallest absolute Gasteiger partial charge is 0.334 e. The Kier molecular flexibility index (Phi) is 9.67. The minimum Gasteiger partial charge on any atom is -0.508 e. The van der Waals surface area contributed by atoms with Crippen LogP contribution in [0.2, 0.25) is 0 Å². The number of nitrogens with one attached hydrogen (secondary N) is 1. The highest BCUT2D eigenvalue weighted by Gasteiger charge is 2.51. The van der Waals surface area contributed by atoms with E-state index >= 15 is 0 Å². The number of amides is 4. The molecule has 3 aromatic carbocycles. The van der Waals surface area contributed by atoms with Crippen molar-refractivity contribution in [3.8, 4) is 11.5 Å². The van der Waals surface area contributed by atoms with Crippen LogP contribution in [0, 0.1) is 0 Å². The van der Waals surface area contributed by atoms with E-state index in [0.29, 0.717) is 12.3 Å². The van der Waals surface area contributed by atoms with Crippen LogP contribution in [0.15, 0.2) is 85.5 Å². The Hall–Kier alpha value is -4.83. The topological polar surface area (TPSA) is 106 Å². The number of carbonyl (C=O) groups excluding carboxylic acids is 3. The quantitative estimate of drug-likeness (QED) is 0.341. The highest BCUT2D eigenvalue weighted by atomic mass is 16.5. The van der Waals surface area contributed by atoms with Gasteiger partial charge < -0.3 is 25.0 Å². The molecule has 0 saturated carbocycles. The highest BCUT2D eigenvalue weighted by Crippen LogP contribution is 2.36. The number of rotatable bonds is 9. The fourth-order valence-corrected chi connectivity index (χ4v) is 6.30. The van der Waals surface area contributed by atoms with Crippen molar-refractivity contribution in [1.29, 1.82) is 0 Å². The lowest BCUT2D eigenvalue weighted by Gasteiger charge is -2.55. The summed E-state index contributed by atoms with van der Waals surface area (Å²) in [6.45, 7) is 11.0. The number of nitrogens with zero attached hydrogens (tertiary/aromatic N) is 4. The summed E-state index contributed by atoms with van der Waals surface area (Å²) in [5.41, 5.74) is 3.38. The summed E-state index contributed by atoms with van der Waals surface area (Å²) in [7, 11) is 1.63. The Balaban J connectivity index is 1.54. The zero-order valence-corrected chi connectivity index (χ0v) is 27.0. The van der Waals surface area contributed by atoms with Gasteiger partial charge in [0.2, 0.25) is 11.8 Å². The normalized spacial score (nSPS) is 18.7. The van der Waals surface area contributed by atoms with E-state index in [0.717, 1.165) is 22.3 Å². The third-order valence-corrected chi connectivity index (χ3v) is 8.50. The first kappa shape index (κ1) is 32.6. The summed E-state index contributed by atoms with van der Waals surface area (Å²) in [4.78, 5) is 45.5. The molecule has 2 atom stereocenters. The van der Waals surface area contributed by atoms with E-state index in [-0.39, 0.29) is 61.6 Å². The van der Waals surface area contributed by atoms with Crippen molar-refractivity contribution in [2.75, 3.05) is 26.7 Å². The highest BCUT2D eigenvalue weighted by molar-refractivity contribution is 5.91. The summed E-state index contributed by atoms with van der Waals surface area (Å²) in [5.74, 6) is 0.357. The van der Waals surface area contributed by atoms with Crippen molar-refractivity contribution in [2.45, 2.75) is 57.9 Å². The van der Waals surface area contributed by atoms with Gasteiger partial charge in [-0.25, -0.2) is 14.8 Å². The zero-order chi connectivity index (χ0) is 33.0. The molecule has 2 aliphatic rings.